The Bertz CT molecular complexity index is 517. The van der Waals surface area contributed by atoms with Gasteiger partial charge in [-0.05, 0) is 17.7 Å². The predicted octanol–water partition coefficient (Wildman–Crippen LogP) is 1.82. The second kappa shape index (κ2) is 5.85. The van der Waals surface area contributed by atoms with Crippen LogP contribution in [0, 0.1) is 0 Å². The zero-order chi connectivity index (χ0) is 14.7. The Kier molecular flexibility index (Phi) is 4.16. The molecule has 20 heavy (non-hydrogen) atoms. The summed E-state index contributed by atoms with van der Waals surface area (Å²) in [7, 11) is 1.34. The number of imide groups is 1. The Hall–Kier alpha value is -2.18. The van der Waals surface area contributed by atoms with E-state index in [1.54, 1.807) is 6.07 Å². The van der Waals surface area contributed by atoms with Crippen LogP contribution in [0.4, 0.5) is 8.78 Å². The third-order valence-corrected chi connectivity index (χ3v) is 3.02. The first-order chi connectivity index (χ1) is 9.49. The summed E-state index contributed by atoms with van der Waals surface area (Å²) in [6.45, 7) is -2.98. The van der Waals surface area contributed by atoms with Gasteiger partial charge in [-0.2, -0.15) is 8.78 Å². The van der Waals surface area contributed by atoms with Gasteiger partial charge in [0.25, 0.3) is 0 Å². The summed E-state index contributed by atoms with van der Waals surface area (Å²) < 4.78 is 34.0. The number of hydrogen-bond donors (Lipinski definition) is 1. The number of rotatable bonds is 4. The van der Waals surface area contributed by atoms with Crippen LogP contribution in [0.3, 0.4) is 0 Å². The number of benzene rings is 1. The van der Waals surface area contributed by atoms with Gasteiger partial charge < -0.3 is 9.47 Å². The highest BCUT2D eigenvalue weighted by molar-refractivity contribution is 5.98. The Morgan fingerprint density at radius 3 is 2.40 bits per heavy atom. The fourth-order valence-corrected chi connectivity index (χ4v) is 2.15. The average Bonchev–Trinajstić information content (AvgIpc) is 2.36. The number of carbonyl (C=O) groups is 2. The van der Waals surface area contributed by atoms with Crippen molar-refractivity contribution in [3.63, 3.8) is 0 Å². The number of methoxy groups -OCH3 is 1. The first kappa shape index (κ1) is 14.2. The number of ether oxygens (including phenoxy) is 2. The van der Waals surface area contributed by atoms with Crippen molar-refractivity contribution >= 4 is 11.8 Å². The van der Waals surface area contributed by atoms with E-state index in [1.807, 2.05) is 0 Å². The van der Waals surface area contributed by atoms with Crippen LogP contribution in [0.1, 0.15) is 24.3 Å². The van der Waals surface area contributed by atoms with Gasteiger partial charge in [0.1, 0.15) is 0 Å². The van der Waals surface area contributed by atoms with Gasteiger partial charge in [-0.15, -0.1) is 0 Å². The molecule has 1 aliphatic rings. The molecule has 2 rings (SSSR count). The highest BCUT2D eigenvalue weighted by atomic mass is 19.3. The van der Waals surface area contributed by atoms with Crippen molar-refractivity contribution in [2.24, 2.45) is 0 Å². The third-order valence-electron chi connectivity index (χ3n) is 3.02. The van der Waals surface area contributed by atoms with E-state index in [4.69, 9.17) is 4.74 Å². The smallest absolute Gasteiger partial charge is 0.387 e. The molecule has 7 heteroatoms. The fraction of sp³-hybridized carbons (Fsp3) is 0.385. The maximum Gasteiger partial charge on any atom is 0.387 e. The third kappa shape index (κ3) is 3.23. The Labute approximate surface area is 113 Å². The van der Waals surface area contributed by atoms with Gasteiger partial charge in [0, 0.05) is 18.8 Å². The molecule has 0 radical (unpaired) electrons. The molecule has 0 unspecified atom stereocenters. The zero-order valence-electron chi connectivity index (χ0n) is 10.7. The Balaban J connectivity index is 2.27. The van der Waals surface area contributed by atoms with Crippen LogP contribution in [-0.4, -0.2) is 25.5 Å². The fourth-order valence-electron chi connectivity index (χ4n) is 2.15. The van der Waals surface area contributed by atoms with Crippen molar-refractivity contribution in [1.29, 1.82) is 0 Å². The summed E-state index contributed by atoms with van der Waals surface area (Å²) >= 11 is 0. The largest absolute Gasteiger partial charge is 0.493 e. The molecule has 0 aliphatic carbocycles. The van der Waals surface area contributed by atoms with Crippen molar-refractivity contribution in [3.05, 3.63) is 23.8 Å². The van der Waals surface area contributed by atoms with E-state index in [0.29, 0.717) is 5.56 Å². The number of nitrogens with one attached hydrogen (secondary N) is 1. The number of amides is 2. The second-order valence-electron chi connectivity index (χ2n) is 4.37. The molecule has 108 valence electrons. The lowest BCUT2D eigenvalue weighted by Gasteiger charge is -2.22. The van der Waals surface area contributed by atoms with Crippen LogP contribution in [0.25, 0.3) is 0 Å². The van der Waals surface area contributed by atoms with E-state index in [2.05, 4.69) is 10.1 Å². The zero-order valence-corrected chi connectivity index (χ0v) is 10.7. The highest BCUT2D eigenvalue weighted by Crippen LogP contribution is 2.35. The summed E-state index contributed by atoms with van der Waals surface area (Å²) in [5.41, 5.74) is 0.588. The van der Waals surface area contributed by atoms with Gasteiger partial charge in [-0.25, -0.2) is 0 Å². The number of hydrogen-bond acceptors (Lipinski definition) is 4. The minimum Gasteiger partial charge on any atom is -0.493 e. The predicted molar refractivity (Wildman–Crippen MR) is 64.8 cm³/mol. The number of carbonyl (C=O) groups excluding carboxylic acids is 2. The minimum absolute atomic E-state index is 0.113. The Morgan fingerprint density at radius 2 is 1.85 bits per heavy atom. The van der Waals surface area contributed by atoms with Gasteiger partial charge in [0.2, 0.25) is 11.8 Å². The van der Waals surface area contributed by atoms with Gasteiger partial charge in [-0.1, -0.05) is 6.07 Å². The van der Waals surface area contributed by atoms with Crippen molar-refractivity contribution < 1.29 is 27.8 Å². The van der Waals surface area contributed by atoms with Gasteiger partial charge in [-0.3, -0.25) is 14.9 Å². The average molecular weight is 285 g/mol. The summed E-state index contributed by atoms with van der Waals surface area (Å²) in [6, 6.07) is 4.49. The molecule has 0 spiro atoms. The lowest BCUT2D eigenvalue weighted by atomic mass is 9.89. The molecule has 1 fully saturated rings. The van der Waals surface area contributed by atoms with Crippen molar-refractivity contribution in [2.75, 3.05) is 7.11 Å². The number of alkyl halides is 2. The lowest BCUT2D eigenvalue weighted by molar-refractivity contribution is -0.133. The van der Waals surface area contributed by atoms with Gasteiger partial charge in [0.15, 0.2) is 11.5 Å². The number of piperidine rings is 1. The molecule has 5 nitrogen and oxygen atoms in total. The lowest BCUT2D eigenvalue weighted by Crippen LogP contribution is -2.37. The highest BCUT2D eigenvalue weighted by Gasteiger charge is 2.27. The van der Waals surface area contributed by atoms with Crippen molar-refractivity contribution in [2.45, 2.75) is 25.4 Å². The summed E-state index contributed by atoms with van der Waals surface area (Å²) in [6.07, 6.45) is 0.262. The van der Waals surface area contributed by atoms with Crippen molar-refractivity contribution in [1.82, 2.24) is 5.32 Å². The van der Waals surface area contributed by atoms with Crippen molar-refractivity contribution in [3.8, 4) is 11.5 Å². The normalized spacial score (nSPS) is 16.2. The Morgan fingerprint density at radius 1 is 1.20 bits per heavy atom. The summed E-state index contributed by atoms with van der Waals surface area (Å²) in [4.78, 5) is 22.7. The van der Waals surface area contributed by atoms with E-state index in [9.17, 15) is 18.4 Å². The van der Waals surface area contributed by atoms with E-state index >= 15 is 0 Å². The molecule has 1 aliphatic heterocycles. The first-order valence-corrected chi connectivity index (χ1v) is 5.95. The molecule has 1 saturated heterocycles. The molecule has 0 saturated carbocycles. The topological polar surface area (TPSA) is 64.6 Å². The molecule has 1 heterocycles. The molecular weight excluding hydrogens is 272 g/mol. The quantitative estimate of drug-likeness (QED) is 0.857. The number of halogens is 2. The van der Waals surface area contributed by atoms with Gasteiger partial charge >= 0.3 is 6.61 Å². The monoisotopic (exact) mass is 285 g/mol. The first-order valence-electron chi connectivity index (χ1n) is 5.95. The van der Waals surface area contributed by atoms with Crippen LogP contribution in [0.2, 0.25) is 0 Å². The SMILES string of the molecule is COc1ccc(C2CC(=O)NC(=O)C2)cc1OC(F)F. The summed E-state index contributed by atoms with van der Waals surface area (Å²) in [5, 5.41) is 2.19. The second-order valence-corrected chi connectivity index (χ2v) is 4.37. The maximum absolute atomic E-state index is 12.3. The van der Waals surface area contributed by atoms with Crippen LogP contribution in [-0.2, 0) is 9.59 Å². The van der Waals surface area contributed by atoms with E-state index in [1.165, 1.54) is 19.2 Å². The maximum atomic E-state index is 12.3. The van der Waals surface area contributed by atoms with E-state index in [-0.39, 0.29) is 42.1 Å². The molecular formula is C13H13F2NO4. The van der Waals surface area contributed by atoms with E-state index < -0.39 is 6.61 Å². The summed E-state index contributed by atoms with van der Waals surface area (Å²) in [5.74, 6) is -1.04. The molecule has 0 aromatic heterocycles. The van der Waals surface area contributed by atoms with Crippen LogP contribution >= 0.6 is 0 Å². The van der Waals surface area contributed by atoms with Gasteiger partial charge in [0.05, 0.1) is 7.11 Å². The van der Waals surface area contributed by atoms with Crippen LogP contribution in [0.5, 0.6) is 11.5 Å². The molecule has 1 aromatic carbocycles. The van der Waals surface area contributed by atoms with E-state index in [0.717, 1.165) is 0 Å². The van der Waals surface area contributed by atoms with Crippen LogP contribution < -0.4 is 14.8 Å². The van der Waals surface area contributed by atoms with Crippen LogP contribution in [0.15, 0.2) is 18.2 Å². The minimum atomic E-state index is -2.98. The molecule has 0 bridgehead atoms. The molecule has 2 amide bonds. The molecule has 1 aromatic rings. The molecule has 1 N–H and O–H groups in total. The standard InChI is InChI=1S/C13H13F2NO4/c1-19-9-3-2-7(4-10(9)20-13(14)15)8-5-11(17)16-12(18)6-8/h2-4,8,13H,5-6H2,1H3,(H,16,17,18). The molecule has 0 atom stereocenters.